The molecule has 2 N–H and O–H groups in total. The molecule has 8 nitrogen and oxygen atoms in total. The lowest BCUT2D eigenvalue weighted by Crippen LogP contribution is -2.42. The molecule has 3 rings (SSSR count). The molecule has 1 aliphatic rings. The summed E-state index contributed by atoms with van der Waals surface area (Å²) in [4.78, 5) is 4.76. The Bertz CT molecular complexity index is 839. The van der Waals surface area contributed by atoms with Crippen LogP contribution in [0.3, 0.4) is 0 Å². The molecule has 0 fully saturated rings. The number of para-hydroxylation sites is 1. The van der Waals surface area contributed by atoms with E-state index >= 15 is 0 Å². The first-order valence-electron chi connectivity index (χ1n) is 10.7. The van der Waals surface area contributed by atoms with Gasteiger partial charge < -0.3 is 24.7 Å². The van der Waals surface area contributed by atoms with Crippen molar-refractivity contribution in [2.75, 3.05) is 26.4 Å². The fourth-order valence-electron chi connectivity index (χ4n) is 3.21. The first-order chi connectivity index (χ1) is 14.5. The molecule has 2 heterocycles. The molecule has 2 aromatic rings. The van der Waals surface area contributed by atoms with E-state index in [0.717, 1.165) is 48.4 Å². The number of guanidine groups is 1. The zero-order valence-electron chi connectivity index (χ0n) is 18.9. The molecular weight excluding hydrogens is 507 g/mol. The number of hydrogen-bond donors (Lipinski definition) is 2. The van der Waals surface area contributed by atoms with E-state index in [9.17, 15) is 0 Å². The first kappa shape index (κ1) is 25.4. The van der Waals surface area contributed by atoms with Crippen LogP contribution in [0.1, 0.15) is 49.9 Å². The minimum atomic E-state index is 0. The lowest BCUT2D eigenvalue weighted by atomic mass is 10.0. The number of fused-ring (bicyclic) bond motifs is 1. The van der Waals surface area contributed by atoms with E-state index in [0.29, 0.717) is 32.2 Å². The van der Waals surface area contributed by atoms with E-state index in [-0.39, 0.29) is 30.0 Å². The number of aromatic nitrogens is 3. The van der Waals surface area contributed by atoms with Gasteiger partial charge in [0.2, 0.25) is 0 Å². The molecule has 0 saturated carbocycles. The Labute approximate surface area is 202 Å². The number of hydrogen-bond acceptors (Lipinski definition) is 5. The van der Waals surface area contributed by atoms with Crippen molar-refractivity contribution in [2.45, 2.75) is 46.2 Å². The summed E-state index contributed by atoms with van der Waals surface area (Å²) in [5.74, 6) is 4.03. The van der Waals surface area contributed by atoms with Crippen LogP contribution in [0.15, 0.2) is 29.3 Å². The number of aryl methyl sites for hydroxylation is 1. The Kier molecular flexibility index (Phi) is 10.5. The standard InChI is InChI=1S/C22H34N6O2.HI/c1-16(2)9-12-29-14-11-23-22(24-15-21-27-26-17(3)28(21)4)25-19-10-13-30-20-8-6-5-7-18(19)20;/h5-8,16,19H,9-15H2,1-4H3,(H2,23,24,25);1H. The smallest absolute Gasteiger partial charge is 0.192 e. The predicted octanol–water partition coefficient (Wildman–Crippen LogP) is 3.36. The van der Waals surface area contributed by atoms with Crippen LogP contribution in [0.25, 0.3) is 0 Å². The van der Waals surface area contributed by atoms with Crippen molar-refractivity contribution in [3.63, 3.8) is 0 Å². The maximum atomic E-state index is 5.79. The molecular formula is C22H35IN6O2. The van der Waals surface area contributed by atoms with Gasteiger partial charge in [-0.25, -0.2) is 4.99 Å². The van der Waals surface area contributed by atoms with Crippen LogP contribution in [0, 0.1) is 12.8 Å². The number of rotatable bonds is 9. The molecule has 1 aromatic carbocycles. The molecule has 1 atom stereocenters. The number of nitrogens with one attached hydrogen (secondary N) is 2. The van der Waals surface area contributed by atoms with Gasteiger partial charge in [-0.05, 0) is 25.3 Å². The number of nitrogens with zero attached hydrogens (tertiary/aromatic N) is 4. The van der Waals surface area contributed by atoms with Crippen LogP contribution >= 0.6 is 24.0 Å². The number of benzene rings is 1. The zero-order chi connectivity index (χ0) is 21.3. The van der Waals surface area contributed by atoms with Gasteiger partial charge in [-0.3, -0.25) is 0 Å². The van der Waals surface area contributed by atoms with Gasteiger partial charge in [0.25, 0.3) is 0 Å². The van der Waals surface area contributed by atoms with Gasteiger partial charge in [0.05, 0.1) is 19.3 Å². The summed E-state index contributed by atoms with van der Waals surface area (Å²) < 4.78 is 13.5. The minimum absolute atomic E-state index is 0. The molecule has 9 heteroatoms. The highest BCUT2D eigenvalue weighted by atomic mass is 127. The van der Waals surface area contributed by atoms with Crippen LogP contribution in [0.4, 0.5) is 0 Å². The summed E-state index contributed by atoms with van der Waals surface area (Å²) in [5, 5.41) is 15.3. The van der Waals surface area contributed by atoms with Crippen molar-refractivity contribution >= 4 is 29.9 Å². The fraction of sp³-hybridized carbons (Fsp3) is 0.591. The Morgan fingerprint density at radius 3 is 2.84 bits per heavy atom. The molecule has 0 bridgehead atoms. The Morgan fingerprint density at radius 1 is 1.29 bits per heavy atom. The summed E-state index contributed by atoms with van der Waals surface area (Å²) in [6.07, 6.45) is 1.95. The van der Waals surface area contributed by atoms with Gasteiger partial charge in [-0.15, -0.1) is 34.2 Å². The van der Waals surface area contributed by atoms with E-state index in [2.05, 4.69) is 40.7 Å². The third kappa shape index (κ3) is 7.64. The molecule has 0 aliphatic carbocycles. The molecule has 0 saturated heterocycles. The highest BCUT2D eigenvalue weighted by Gasteiger charge is 2.22. The van der Waals surface area contributed by atoms with Crippen LogP contribution in [-0.4, -0.2) is 47.1 Å². The average molecular weight is 542 g/mol. The van der Waals surface area contributed by atoms with Crippen molar-refractivity contribution in [1.29, 1.82) is 0 Å². The van der Waals surface area contributed by atoms with Crippen LogP contribution < -0.4 is 15.4 Å². The van der Waals surface area contributed by atoms with Gasteiger partial charge in [0.15, 0.2) is 11.8 Å². The topological polar surface area (TPSA) is 85.6 Å². The summed E-state index contributed by atoms with van der Waals surface area (Å²) >= 11 is 0. The van der Waals surface area contributed by atoms with Gasteiger partial charge in [-0.1, -0.05) is 32.0 Å². The highest BCUT2D eigenvalue weighted by molar-refractivity contribution is 14.0. The van der Waals surface area contributed by atoms with Crippen molar-refractivity contribution in [3.05, 3.63) is 41.5 Å². The molecule has 0 radical (unpaired) electrons. The second kappa shape index (κ2) is 12.8. The second-order valence-corrected chi connectivity index (χ2v) is 7.98. The molecule has 0 spiro atoms. The SMILES string of the molecule is Cc1nnc(CN=C(NCCOCCC(C)C)NC2CCOc3ccccc32)n1C.I. The monoisotopic (exact) mass is 542 g/mol. The quantitative estimate of drug-likeness (QED) is 0.219. The average Bonchev–Trinajstić information content (AvgIpc) is 3.06. The van der Waals surface area contributed by atoms with E-state index in [1.54, 1.807) is 0 Å². The van der Waals surface area contributed by atoms with Crippen molar-refractivity contribution in [1.82, 2.24) is 25.4 Å². The summed E-state index contributed by atoms with van der Waals surface area (Å²) in [7, 11) is 1.96. The first-order valence-corrected chi connectivity index (χ1v) is 10.7. The Morgan fingerprint density at radius 2 is 2.10 bits per heavy atom. The van der Waals surface area contributed by atoms with Gasteiger partial charge in [0.1, 0.15) is 18.1 Å². The normalized spacial score (nSPS) is 15.8. The molecule has 0 amide bonds. The maximum Gasteiger partial charge on any atom is 0.192 e. The number of aliphatic imine (C=N–C) groups is 1. The van der Waals surface area contributed by atoms with Crippen molar-refractivity contribution in [2.24, 2.45) is 18.0 Å². The molecule has 1 aliphatic heterocycles. The van der Waals surface area contributed by atoms with Gasteiger partial charge in [0, 0.05) is 32.2 Å². The number of ether oxygens (including phenoxy) is 2. The zero-order valence-corrected chi connectivity index (χ0v) is 21.3. The van der Waals surface area contributed by atoms with E-state index in [1.165, 1.54) is 0 Å². The Balaban J connectivity index is 0.00000341. The van der Waals surface area contributed by atoms with Crippen LogP contribution in [0.2, 0.25) is 0 Å². The largest absolute Gasteiger partial charge is 0.493 e. The lowest BCUT2D eigenvalue weighted by molar-refractivity contribution is 0.128. The van der Waals surface area contributed by atoms with Crippen molar-refractivity contribution in [3.8, 4) is 5.75 Å². The van der Waals surface area contributed by atoms with Gasteiger partial charge >= 0.3 is 0 Å². The predicted molar refractivity (Wildman–Crippen MR) is 133 cm³/mol. The highest BCUT2D eigenvalue weighted by Crippen LogP contribution is 2.31. The van der Waals surface area contributed by atoms with E-state index < -0.39 is 0 Å². The minimum Gasteiger partial charge on any atom is -0.493 e. The van der Waals surface area contributed by atoms with Crippen molar-refractivity contribution < 1.29 is 9.47 Å². The second-order valence-electron chi connectivity index (χ2n) is 7.98. The van der Waals surface area contributed by atoms with Gasteiger partial charge in [-0.2, -0.15) is 0 Å². The summed E-state index contributed by atoms with van der Waals surface area (Å²) in [6, 6.07) is 8.30. The lowest BCUT2D eigenvalue weighted by Gasteiger charge is -2.28. The Hall–Kier alpha value is -1.88. The maximum absolute atomic E-state index is 5.79. The third-order valence-electron chi connectivity index (χ3n) is 5.21. The summed E-state index contributed by atoms with van der Waals surface area (Å²) in [5.41, 5.74) is 1.15. The fourth-order valence-corrected chi connectivity index (χ4v) is 3.21. The number of halogens is 1. The van der Waals surface area contributed by atoms with Crippen LogP contribution in [-0.2, 0) is 18.3 Å². The molecule has 1 aromatic heterocycles. The van der Waals surface area contributed by atoms with Crippen LogP contribution in [0.5, 0.6) is 5.75 Å². The summed E-state index contributed by atoms with van der Waals surface area (Å²) in [6.45, 7) is 9.59. The molecule has 31 heavy (non-hydrogen) atoms. The third-order valence-corrected chi connectivity index (χ3v) is 5.21. The van der Waals surface area contributed by atoms with E-state index in [4.69, 9.17) is 14.5 Å². The van der Waals surface area contributed by atoms with E-state index in [1.807, 2.05) is 36.7 Å². The molecule has 172 valence electrons. The molecule has 1 unspecified atom stereocenters.